The predicted octanol–water partition coefficient (Wildman–Crippen LogP) is 2.08. The number of anilines is 1. The van der Waals surface area contributed by atoms with Gasteiger partial charge in [0.2, 0.25) is 23.6 Å². The number of nitrogens with one attached hydrogen (secondary N) is 1. The number of ether oxygens (including phenoxy) is 2. The van der Waals surface area contributed by atoms with Crippen molar-refractivity contribution in [3.8, 4) is 11.8 Å². The molecule has 1 aliphatic heterocycles. The van der Waals surface area contributed by atoms with E-state index in [9.17, 15) is 9.18 Å². The van der Waals surface area contributed by atoms with Crippen molar-refractivity contribution in [3.63, 3.8) is 0 Å². The summed E-state index contributed by atoms with van der Waals surface area (Å²) in [6.45, 7) is 4.49. The maximum absolute atomic E-state index is 14.0. The van der Waals surface area contributed by atoms with Crippen molar-refractivity contribution in [3.05, 3.63) is 23.2 Å². The van der Waals surface area contributed by atoms with Crippen molar-refractivity contribution in [1.82, 2.24) is 19.9 Å². The zero-order valence-corrected chi connectivity index (χ0v) is 15.5. The van der Waals surface area contributed by atoms with Crippen LogP contribution in [0.15, 0.2) is 12.4 Å². The summed E-state index contributed by atoms with van der Waals surface area (Å²) in [5.41, 5.74) is 0. The van der Waals surface area contributed by atoms with Crippen LogP contribution in [0.2, 0.25) is 0 Å². The SMILES string of the molecule is COc1cnc(OC2C[C@H](C)N(Cc3sc(NC(C)=O)nc3F)C2)cn1. The molecule has 2 atom stereocenters. The lowest BCUT2D eigenvalue weighted by atomic mass is 10.2. The van der Waals surface area contributed by atoms with Gasteiger partial charge in [0.05, 0.1) is 24.4 Å². The minimum atomic E-state index is -0.545. The van der Waals surface area contributed by atoms with E-state index in [0.29, 0.717) is 29.7 Å². The molecular weight excluding hydrogens is 361 g/mol. The van der Waals surface area contributed by atoms with Gasteiger partial charge in [-0.05, 0) is 6.92 Å². The number of likely N-dealkylation sites (tertiary alicyclic amines) is 1. The van der Waals surface area contributed by atoms with Crippen LogP contribution in [-0.4, -0.2) is 51.6 Å². The van der Waals surface area contributed by atoms with Gasteiger partial charge < -0.3 is 14.8 Å². The van der Waals surface area contributed by atoms with Crippen LogP contribution in [0.4, 0.5) is 9.52 Å². The second-order valence-electron chi connectivity index (χ2n) is 6.07. The van der Waals surface area contributed by atoms with E-state index >= 15 is 0 Å². The number of halogens is 1. The molecule has 0 aliphatic carbocycles. The first-order valence-corrected chi connectivity index (χ1v) is 8.95. The van der Waals surface area contributed by atoms with Gasteiger partial charge in [-0.1, -0.05) is 11.3 Å². The van der Waals surface area contributed by atoms with Crippen LogP contribution in [0.3, 0.4) is 0 Å². The molecule has 0 aromatic carbocycles. The first-order valence-electron chi connectivity index (χ1n) is 8.14. The highest BCUT2D eigenvalue weighted by molar-refractivity contribution is 7.15. The Morgan fingerprint density at radius 1 is 1.42 bits per heavy atom. The molecule has 2 aromatic rings. The summed E-state index contributed by atoms with van der Waals surface area (Å²) in [5.74, 6) is 0.0430. The van der Waals surface area contributed by atoms with Crippen molar-refractivity contribution in [1.29, 1.82) is 0 Å². The van der Waals surface area contributed by atoms with Crippen molar-refractivity contribution >= 4 is 22.4 Å². The highest BCUT2D eigenvalue weighted by Gasteiger charge is 2.32. The fourth-order valence-corrected chi connectivity index (χ4v) is 3.73. The summed E-state index contributed by atoms with van der Waals surface area (Å²) in [7, 11) is 1.52. The smallest absolute Gasteiger partial charge is 0.232 e. The molecule has 8 nitrogen and oxygen atoms in total. The largest absolute Gasteiger partial charge is 0.480 e. The lowest BCUT2D eigenvalue weighted by Crippen LogP contribution is -2.28. The summed E-state index contributed by atoms with van der Waals surface area (Å²) in [6, 6.07) is 0.219. The Morgan fingerprint density at radius 2 is 2.15 bits per heavy atom. The van der Waals surface area contributed by atoms with Gasteiger partial charge in [0, 0.05) is 32.5 Å². The summed E-state index contributed by atoms with van der Waals surface area (Å²) < 4.78 is 24.9. The van der Waals surface area contributed by atoms with E-state index in [4.69, 9.17) is 9.47 Å². The molecule has 1 unspecified atom stereocenters. The molecular formula is C16H20FN5O3S. The van der Waals surface area contributed by atoms with E-state index < -0.39 is 5.95 Å². The summed E-state index contributed by atoms with van der Waals surface area (Å²) in [5, 5.41) is 2.79. The van der Waals surface area contributed by atoms with Gasteiger partial charge in [-0.25, -0.2) is 9.97 Å². The molecule has 140 valence electrons. The van der Waals surface area contributed by atoms with Gasteiger partial charge in [-0.3, -0.25) is 9.69 Å². The standard InChI is InChI=1S/C16H20FN5O3S/c1-9-4-11(25-14-6-18-13(24-3)5-19-14)7-22(9)8-12-15(17)21-16(26-12)20-10(2)23/h5-6,9,11H,4,7-8H2,1-3H3,(H,20,21,23)/t9-,11?/m0/s1. The number of hydrogen-bond acceptors (Lipinski definition) is 8. The predicted molar refractivity (Wildman–Crippen MR) is 93.9 cm³/mol. The van der Waals surface area contributed by atoms with E-state index in [1.165, 1.54) is 26.4 Å². The lowest BCUT2D eigenvalue weighted by molar-refractivity contribution is -0.114. The van der Waals surface area contributed by atoms with E-state index in [-0.39, 0.29) is 23.2 Å². The van der Waals surface area contributed by atoms with Crippen molar-refractivity contribution in [2.75, 3.05) is 19.0 Å². The molecule has 10 heteroatoms. The average Bonchev–Trinajstić information content (AvgIpc) is 3.10. The van der Waals surface area contributed by atoms with Gasteiger partial charge in [-0.15, -0.1) is 0 Å². The van der Waals surface area contributed by atoms with E-state index in [1.54, 1.807) is 0 Å². The van der Waals surface area contributed by atoms with Gasteiger partial charge in [0.15, 0.2) is 5.13 Å². The topological polar surface area (TPSA) is 89.5 Å². The third-order valence-corrected chi connectivity index (χ3v) is 4.98. The molecule has 3 rings (SSSR count). The van der Waals surface area contributed by atoms with Crippen LogP contribution in [0.25, 0.3) is 0 Å². The van der Waals surface area contributed by atoms with Crippen molar-refractivity contribution in [2.24, 2.45) is 0 Å². The monoisotopic (exact) mass is 381 g/mol. The number of carbonyl (C=O) groups is 1. The highest BCUT2D eigenvalue weighted by Crippen LogP contribution is 2.28. The van der Waals surface area contributed by atoms with Crippen LogP contribution >= 0.6 is 11.3 Å². The average molecular weight is 381 g/mol. The minimum Gasteiger partial charge on any atom is -0.480 e. The summed E-state index contributed by atoms with van der Waals surface area (Å²) >= 11 is 1.15. The molecule has 2 aromatic heterocycles. The van der Waals surface area contributed by atoms with Crippen molar-refractivity contribution < 1.29 is 18.7 Å². The Hall–Kier alpha value is -2.33. The zero-order valence-electron chi connectivity index (χ0n) is 14.7. The Kier molecular flexibility index (Phi) is 5.62. The van der Waals surface area contributed by atoms with Crippen molar-refractivity contribution in [2.45, 2.75) is 39.0 Å². The van der Waals surface area contributed by atoms with Crippen LogP contribution in [0, 0.1) is 5.95 Å². The Bertz CT molecular complexity index is 770. The van der Waals surface area contributed by atoms with Crippen LogP contribution in [0.1, 0.15) is 25.1 Å². The summed E-state index contributed by atoms with van der Waals surface area (Å²) in [6.07, 6.45) is 3.77. The molecule has 1 saturated heterocycles. The molecule has 1 N–H and O–H groups in total. The number of rotatable bonds is 6. The molecule has 0 spiro atoms. The van der Waals surface area contributed by atoms with E-state index in [2.05, 4.69) is 32.1 Å². The number of aromatic nitrogens is 3. The molecule has 3 heterocycles. The number of amides is 1. The highest BCUT2D eigenvalue weighted by atomic mass is 32.1. The Morgan fingerprint density at radius 3 is 2.81 bits per heavy atom. The normalized spacial score (nSPS) is 20.2. The molecule has 0 saturated carbocycles. The van der Waals surface area contributed by atoms with Crippen LogP contribution < -0.4 is 14.8 Å². The number of thiazole rings is 1. The first kappa shape index (κ1) is 18.5. The van der Waals surface area contributed by atoms with Crippen LogP contribution in [0.5, 0.6) is 11.8 Å². The maximum Gasteiger partial charge on any atom is 0.232 e. The summed E-state index contributed by atoms with van der Waals surface area (Å²) in [4.78, 5) is 25.7. The number of carbonyl (C=O) groups excluding carboxylic acids is 1. The van der Waals surface area contributed by atoms with Gasteiger partial charge >= 0.3 is 0 Å². The van der Waals surface area contributed by atoms with Gasteiger partial charge in [0.25, 0.3) is 0 Å². The Balaban J connectivity index is 1.60. The zero-order chi connectivity index (χ0) is 18.7. The number of nitrogens with zero attached hydrogens (tertiary/aromatic N) is 4. The lowest BCUT2D eigenvalue weighted by Gasteiger charge is -2.19. The minimum absolute atomic E-state index is 0.0570. The molecule has 26 heavy (non-hydrogen) atoms. The van der Waals surface area contributed by atoms with Gasteiger partial charge in [-0.2, -0.15) is 9.37 Å². The fraction of sp³-hybridized carbons (Fsp3) is 0.500. The molecule has 1 amide bonds. The number of hydrogen-bond donors (Lipinski definition) is 1. The second kappa shape index (κ2) is 7.92. The molecule has 1 aliphatic rings. The quantitative estimate of drug-likeness (QED) is 0.819. The Labute approximate surface area is 154 Å². The first-order chi connectivity index (χ1) is 12.4. The fourth-order valence-electron chi connectivity index (χ4n) is 2.81. The number of methoxy groups -OCH3 is 1. The van der Waals surface area contributed by atoms with E-state index in [1.807, 2.05) is 0 Å². The molecule has 0 radical (unpaired) electrons. The molecule has 1 fully saturated rings. The second-order valence-corrected chi connectivity index (χ2v) is 7.15. The molecule has 0 bridgehead atoms. The van der Waals surface area contributed by atoms with E-state index in [0.717, 1.165) is 17.8 Å². The van der Waals surface area contributed by atoms with Gasteiger partial charge in [0.1, 0.15) is 6.10 Å². The third-order valence-electron chi connectivity index (χ3n) is 4.05. The third kappa shape index (κ3) is 4.44. The maximum atomic E-state index is 14.0. The van der Waals surface area contributed by atoms with Crippen LogP contribution in [-0.2, 0) is 11.3 Å².